The van der Waals surface area contributed by atoms with Gasteiger partial charge in [-0.15, -0.1) is 0 Å². The summed E-state index contributed by atoms with van der Waals surface area (Å²) in [4.78, 5) is 0. The second kappa shape index (κ2) is 6.54. The van der Waals surface area contributed by atoms with E-state index in [2.05, 4.69) is 109 Å². The van der Waals surface area contributed by atoms with E-state index in [0.29, 0.717) is 0 Å². The third-order valence-corrected chi connectivity index (χ3v) is 5.44. The van der Waals surface area contributed by atoms with E-state index < -0.39 is 0 Å². The van der Waals surface area contributed by atoms with E-state index in [1.54, 1.807) is 0 Å². The molecule has 0 bridgehead atoms. The molecule has 1 aromatic heterocycles. The molecule has 0 saturated heterocycles. The molecule has 0 aliphatic rings. The summed E-state index contributed by atoms with van der Waals surface area (Å²) in [6, 6.07) is 32.7. The van der Waals surface area contributed by atoms with Gasteiger partial charge < -0.3 is 4.57 Å². The summed E-state index contributed by atoms with van der Waals surface area (Å²) in [5.41, 5.74) is 8.53. The molecular formula is C27H21N. The van der Waals surface area contributed by atoms with Crippen molar-refractivity contribution in [3.05, 3.63) is 109 Å². The third kappa shape index (κ3) is 2.64. The standard InChI is InChI=1S/C27H21N/c1-3-20-10-12-21(13-11-20)22-14-17-27-25(18-22)24-6-4-5-7-26(24)28(27)23-15-8-19(2)9-16-23/h3-18H,1H2,2H3. The van der Waals surface area contributed by atoms with Crippen LogP contribution in [0.1, 0.15) is 11.1 Å². The third-order valence-electron chi connectivity index (χ3n) is 5.44. The number of para-hydroxylation sites is 1. The number of hydrogen-bond donors (Lipinski definition) is 0. The highest BCUT2D eigenvalue weighted by Gasteiger charge is 2.12. The first-order valence-corrected chi connectivity index (χ1v) is 9.58. The predicted molar refractivity (Wildman–Crippen MR) is 121 cm³/mol. The van der Waals surface area contributed by atoms with Crippen LogP contribution in [0.4, 0.5) is 0 Å². The van der Waals surface area contributed by atoms with Gasteiger partial charge in [-0.3, -0.25) is 0 Å². The lowest BCUT2D eigenvalue weighted by molar-refractivity contribution is 1.17. The van der Waals surface area contributed by atoms with Gasteiger partial charge in [0.1, 0.15) is 0 Å². The van der Waals surface area contributed by atoms with Crippen molar-refractivity contribution >= 4 is 27.9 Å². The van der Waals surface area contributed by atoms with Crippen molar-refractivity contribution in [1.82, 2.24) is 4.57 Å². The number of hydrogen-bond acceptors (Lipinski definition) is 0. The van der Waals surface area contributed by atoms with Crippen LogP contribution in [-0.2, 0) is 0 Å². The van der Waals surface area contributed by atoms with Gasteiger partial charge in [-0.05, 0) is 53.9 Å². The molecule has 0 atom stereocenters. The number of aromatic nitrogens is 1. The van der Waals surface area contributed by atoms with Crippen LogP contribution < -0.4 is 0 Å². The zero-order valence-corrected chi connectivity index (χ0v) is 15.9. The Labute approximate surface area is 165 Å². The maximum Gasteiger partial charge on any atom is 0.0541 e. The van der Waals surface area contributed by atoms with E-state index >= 15 is 0 Å². The Bertz CT molecular complexity index is 1300. The van der Waals surface area contributed by atoms with Gasteiger partial charge in [0.15, 0.2) is 0 Å². The molecule has 1 heterocycles. The predicted octanol–water partition coefficient (Wildman–Crippen LogP) is 7.40. The first-order valence-electron chi connectivity index (χ1n) is 9.58. The Balaban J connectivity index is 1.77. The minimum absolute atomic E-state index is 1.14. The maximum absolute atomic E-state index is 3.84. The van der Waals surface area contributed by atoms with Gasteiger partial charge in [-0.25, -0.2) is 0 Å². The molecule has 0 amide bonds. The maximum atomic E-state index is 3.84. The van der Waals surface area contributed by atoms with Gasteiger partial charge in [-0.1, -0.05) is 78.9 Å². The summed E-state index contributed by atoms with van der Waals surface area (Å²) < 4.78 is 2.36. The zero-order chi connectivity index (χ0) is 19.1. The molecule has 0 radical (unpaired) electrons. The second-order valence-electron chi connectivity index (χ2n) is 7.25. The van der Waals surface area contributed by atoms with Gasteiger partial charge in [0, 0.05) is 16.5 Å². The van der Waals surface area contributed by atoms with E-state index in [1.165, 1.54) is 44.2 Å². The van der Waals surface area contributed by atoms with Crippen LogP contribution in [0.25, 0.3) is 44.7 Å². The molecule has 0 unspecified atom stereocenters. The summed E-state index contributed by atoms with van der Waals surface area (Å²) >= 11 is 0. The number of nitrogens with zero attached hydrogens (tertiary/aromatic N) is 1. The van der Waals surface area contributed by atoms with Crippen LogP contribution in [0.2, 0.25) is 0 Å². The average molecular weight is 359 g/mol. The van der Waals surface area contributed by atoms with Crippen molar-refractivity contribution in [2.75, 3.05) is 0 Å². The van der Waals surface area contributed by atoms with Crippen LogP contribution in [-0.4, -0.2) is 4.57 Å². The Morgan fingerprint density at radius 3 is 2.11 bits per heavy atom. The molecule has 1 heteroatoms. The van der Waals surface area contributed by atoms with Gasteiger partial charge in [0.05, 0.1) is 11.0 Å². The Hall–Kier alpha value is -3.58. The molecule has 0 fully saturated rings. The highest BCUT2D eigenvalue weighted by molar-refractivity contribution is 6.10. The van der Waals surface area contributed by atoms with E-state index in [-0.39, 0.29) is 0 Å². The lowest BCUT2D eigenvalue weighted by Gasteiger charge is -2.09. The molecule has 0 aliphatic carbocycles. The normalized spacial score (nSPS) is 11.2. The van der Waals surface area contributed by atoms with Crippen molar-refractivity contribution in [3.8, 4) is 16.8 Å². The lowest BCUT2D eigenvalue weighted by atomic mass is 10.0. The minimum Gasteiger partial charge on any atom is -0.309 e. The van der Waals surface area contributed by atoms with E-state index in [0.717, 1.165) is 5.56 Å². The fourth-order valence-electron chi connectivity index (χ4n) is 3.94. The number of aryl methyl sites for hydroxylation is 1. The first-order chi connectivity index (χ1) is 13.7. The summed E-state index contributed by atoms with van der Waals surface area (Å²) in [6.07, 6.45) is 1.88. The minimum atomic E-state index is 1.14. The van der Waals surface area contributed by atoms with E-state index in [4.69, 9.17) is 0 Å². The van der Waals surface area contributed by atoms with Gasteiger partial charge >= 0.3 is 0 Å². The molecule has 0 N–H and O–H groups in total. The van der Waals surface area contributed by atoms with Crippen LogP contribution in [0.3, 0.4) is 0 Å². The molecule has 28 heavy (non-hydrogen) atoms. The topological polar surface area (TPSA) is 4.93 Å². The summed E-state index contributed by atoms with van der Waals surface area (Å²) in [5, 5.41) is 2.56. The first kappa shape index (κ1) is 16.6. The molecule has 5 aromatic rings. The molecule has 0 spiro atoms. The van der Waals surface area contributed by atoms with Crippen LogP contribution in [0.5, 0.6) is 0 Å². The average Bonchev–Trinajstić information content (AvgIpc) is 3.08. The number of benzene rings is 4. The van der Waals surface area contributed by atoms with Crippen LogP contribution >= 0.6 is 0 Å². The van der Waals surface area contributed by atoms with Crippen LogP contribution in [0.15, 0.2) is 97.6 Å². The molecular weight excluding hydrogens is 338 g/mol. The Kier molecular flexibility index (Phi) is 3.87. The number of fused-ring (bicyclic) bond motifs is 3. The molecule has 5 rings (SSSR count). The van der Waals surface area contributed by atoms with Crippen molar-refractivity contribution in [1.29, 1.82) is 0 Å². The summed E-state index contributed by atoms with van der Waals surface area (Å²) in [7, 11) is 0. The van der Waals surface area contributed by atoms with Crippen molar-refractivity contribution in [3.63, 3.8) is 0 Å². The smallest absolute Gasteiger partial charge is 0.0541 e. The highest BCUT2D eigenvalue weighted by Crippen LogP contribution is 2.34. The molecule has 4 aromatic carbocycles. The highest BCUT2D eigenvalue weighted by atomic mass is 15.0. The van der Waals surface area contributed by atoms with Crippen molar-refractivity contribution in [2.45, 2.75) is 6.92 Å². The largest absolute Gasteiger partial charge is 0.309 e. The summed E-state index contributed by atoms with van der Waals surface area (Å²) in [5.74, 6) is 0. The molecule has 1 nitrogen and oxygen atoms in total. The molecule has 134 valence electrons. The number of rotatable bonds is 3. The van der Waals surface area contributed by atoms with Crippen molar-refractivity contribution < 1.29 is 0 Å². The molecule has 0 aliphatic heterocycles. The van der Waals surface area contributed by atoms with Gasteiger partial charge in [0.25, 0.3) is 0 Å². The lowest BCUT2D eigenvalue weighted by Crippen LogP contribution is -1.93. The Morgan fingerprint density at radius 1 is 0.679 bits per heavy atom. The van der Waals surface area contributed by atoms with Crippen LogP contribution in [0, 0.1) is 6.92 Å². The van der Waals surface area contributed by atoms with Crippen molar-refractivity contribution in [2.24, 2.45) is 0 Å². The monoisotopic (exact) mass is 359 g/mol. The van der Waals surface area contributed by atoms with Gasteiger partial charge in [0.2, 0.25) is 0 Å². The SMILES string of the molecule is C=Cc1ccc(-c2ccc3c(c2)c2ccccc2n3-c2ccc(C)cc2)cc1. The summed E-state index contributed by atoms with van der Waals surface area (Å²) in [6.45, 7) is 5.97. The fraction of sp³-hybridized carbons (Fsp3) is 0.0370. The quantitative estimate of drug-likeness (QED) is 0.316. The fourth-order valence-corrected chi connectivity index (χ4v) is 3.94. The second-order valence-corrected chi connectivity index (χ2v) is 7.25. The van der Waals surface area contributed by atoms with E-state index in [9.17, 15) is 0 Å². The van der Waals surface area contributed by atoms with E-state index in [1.807, 2.05) is 6.08 Å². The van der Waals surface area contributed by atoms with Gasteiger partial charge in [-0.2, -0.15) is 0 Å². The Morgan fingerprint density at radius 2 is 1.36 bits per heavy atom. The zero-order valence-electron chi connectivity index (χ0n) is 15.9. The molecule has 0 saturated carbocycles.